The molecular weight excluding hydrogens is 781 g/mol. The third kappa shape index (κ3) is 9.57. The molecule has 0 radical (unpaired) electrons. The second-order valence-electron chi connectivity index (χ2n) is 17.4. The Morgan fingerprint density at radius 2 is 1.19 bits per heavy atom. The molecule has 3 aliphatic rings. The van der Waals surface area contributed by atoms with E-state index in [9.17, 15) is 9.90 Å². The van der Waals surface area contributed by atoms with Gasteiger partial charge in [0.15, 0.2) is 5.78 Å². The van der Waals surface area contributed by atoms with Crippen LogP contribution in [0.15, 0.2) is 217 Å². The smallest absolute Gasteiger partial charge is 0.159 e. The maximum absolute atomic E-state index is 13.5. The molecule has 0 bridgehead atoms. The molecule has 2 aromatic heterocycles. The van der Waals surface area contributed by atoms with E-state index in [0.717, 1.165) is 106 Å². The van der Waals surface area contributed by atoms with Crippen LogP contribution in [0.5, 0.6) is 0 Å². The molecule has 3 aliphatic carbocycles. The van der Waals surface area contributed by atoms with Crippen LogP contribution in [0.4, 0.5) is 0 Å². The van der Waals surface area contributed by atoms with E-state index in [1.807, 2.05) is 48.8 Å². The molecule has 1 saturated carbocycles. The molecule has 0 spiro atoms. The van der Waals surface area contributed by atoms with Crippen molar-refractivity contribution in [3.8, 4) is 44.8 Å². The molecule has 0 saturated heterocycles. The summed E-state index contributed by atoms with van der Waals surface area (Å²) >= 11 is 0. The summed E-state index contributed by atoms with van der Waals surface area (Å²) in [5.74, 6) is 0.208. The molecule has 64 heavy (non-hydrogen) atoms. The summed E-state index contributed by atoms with van der Waals surface area (Å²) in [7, 11) is 0. The molecular formula is C60H54N2O2. The van der Waals surface area contributed by atoms with Crippen LogP contribution in [0.3, 0.4) is 0 Å². The van der Waals surface area contributed by atoms with Crippen molar-refractivity contribution >= 4 is 16.9 Å². The van der Waals surface area contributed by atoms with Gasteiger partial charge < -0.3 is 5.11 Å². The van der Waals surface area contributed by atoms with E-state index in [1.54, 1.807) is 0 Å². The largest absolute Gasteiger partial charge is 0.512 e. The van der Waals surface area contributed by atoms with E-state index in [4.69, 9.17) is 9.97 Å². The van der Waals surface area contributed by atoms with Crippen LogP contribution in [-0.4, -0.2) is 20.9 Å². The van der Waals surface area contributed by atoms with Crippen molar-refractivity contribution in [1.82, 2.24) is 9.97 Å². The average molecular weight is 835 g/mol. The summed E-state index contributed by atoms with van der Waals surface area (Å²) in [4.78, 5) is 23.3. The van der Waals surface area contributed by atoms with Gasteiger partial charge in [0, 0.05) is 52.6 Å². The molecule has 0 aliphatic heterocycles. The Labute approximate surface area is 378 Å². The number of hydrogen-bond donors (Lipinski definition) is 1. The Bertz CT molecular complexity index is 2850. The summed E-state index contributed by atoms with van der Waals surface area (Å²) in [5.41, 5.74) is 16.4. The molecule has 4 aromatic carbocycles. The lowest BCUT2D eigenvalue weighted by Gasteiger charge is -2.22. The summed E-state index contributed by atoms with van der Waals surface area (Å²) in [6.45, 7) is 2.08. The number of nitrogens with zero attached hydrogens (tertiary/aromatic N) is 2. The lowest BCUT2D eigenvalue weighted by atomic mass is 9.83. The zero-order valence-corrected chi connectivity index (χ0v) is 36.6. The van der Waals surface area contributed by atoms with E-state index in [2.05, 4.69) is 147 Å². The highest BCUT2D eigenvalue weighted by Gasteiger charge is 2.33. The predicted molar refractivity (Wildman–Crippen MR) is 265 cm³/mol. The number of hydrogen-bond acceptors (Lipinski definition) is 4. The summed E-state index contributed by atoms with van der Waals surface area (Å²) in [6.07, 6.45) is 28.6. The predicted octanol–water partition coefficient (Wildman–Crippen LogP) is 15.5. The first kappa shape index (κ1) is 42.1. The quantitative estimate of drug-likeness (QED) is 0.0985. The molecule has 4 heteroatoms. The maximum Gasteiger partial charge on any atom is 0.159 e. The van der Waals surface area contributed by atoms with Gasteiger partial charge in [-0.05, 0) is 101 Å². The average Bonchev–Trinajstić information content (AvgIpc) is 3.67. The van der Waals surface area contributed by atoms with Crippen molar-refractivity contribution in [1.29, 1.82) is 0 Å². The molecule has 9 rings (SSSR count). The van der Waals surface area contributed by atoms with Crippen LogP contribution in [-0.2, 0) is 4.79 Å². The number of benzene rings is 4. The van der Waals surface area contributed by atoms with Crippen molar-refractivity contribution < 1.29 is 9.90 Å². The zero-order valence-electron chi connectivity index (χ0n) is 36.6. The Morgan fingerprint density at radius 3 is 1.80 bits per heavy atom. The van der Waals surface area contributed by atoms with Gasteiger partial charge in [-0.2, -0.15) is 0 Å². The number of carbonyl (C=O) groups excluding carboxylic acids is 1. The van der Waals surface area contributed by atoms with E-state index in [0.29, 0.717) is 19.3 Å². The second kappa shape index (κ2) is 19.5. The normalized spacial score (nSPS) is 18.8. The van der Waals surface area contributed by atoms with Gasteiger partial charge in [-0.15, -0.1) is 0 Å². The van der Waals surface area contributed by atoms with Gasteiger partial charge in [-0.25, -0.2) is 0 Å². The van der Waals surface area contributed by atoms with Crippen LogP contribution >= 0.6 is 0 Å². The first-order valence-corrected chi connectivity index (χ1v) is 22.7. The lowest BCUT2D eigenvalue weighted by molar-refractivity contribution is -0.114. The van der Waals surface area contributed by atoms with E-state index < -0.39 is 0 Å². The summed E-state index contributed by atoms with van der Waals surface area (Å²) in [5, 5.41) is 11.0. The van der Waals surface area contributed by atoms with Crippen molar-refractivity contribution in [2.45, 2.75) is 64.7 Å². The Kier molecular flexibility index (Phi) is 12.8. The Hall–Kier alpha value is -7.17. The monoisotopic (exact) mass is 834 g/mol. The first-order chi connectivity index (χ1) is 31.4. The molecule has 1 N–H and O–H groups in total. The number of allylic oxidation sites excluding steroid dienone is 14. The highest BCUT2D eigenvalue weighted by Crippen LogP contribution is 2.43. The molecule has 4 nitrogen and oxygen atoms in total. The van der Waals surface area contributed by atoms with Gasteiger partial charge in [0.1, 0.15) is 5.76 Å². The minimum absolute atomic E-state index is 0.0303. The third-order valence-electron chi connectivity index (χ3n) is 13.1. The number of pyridine rings is 2. The second-order valence-corrected chi connectivity index (χ2v) is 17.4. The number of aromatic nitrogens is 2. The Balaban J connectivity index is 1.09. The fourth-order valence-electron chi connectivity index (χ4n) is 9.40. The first-order valence-electron chi connectivity index (χ1n) is 22.7. The van der Waals surface area contributed by atoms with Gasteiger partial charge in [0.2, 0.25) is 0 Å². The van der Waals surface area contributed by atoms with E-state index in [1.165, 1.54) is 22.8 Å². The van der Waals surface area contributed by atoms with Crippen LogP contribution in [0.2, 0.25) is 0 Å². The van der Waals surface area contributed by atoms with E-state index >= 15 is 0 Å². The van der Waals surface area contributed by atoms with Crippen LogP contribution in [0, 0.1) is 5.41 Å². The van der Waals surface area contributed by atoms with E-state index in [-0.39, 0.29) is 17.0 Å². The SMILES string of the molecule is CC1(/C(O)=C/C(=O)CCC2=CC=CCC=C2/C2=C/C(c3ccccc3-c3ccc(-c4ccccc4)nc3)=C\C/C(c3ccccc3-c3ccc(-c4ccccc4)nc3)=C\C2)CCCC1. The number of rotatable bonds is 12. The molecule has 2 heterocycles. The van der Waals surface area contributed by atoms with Crippen molar-refractivity contribution in [3.63, 3.8) is 0 Å². The summed E-state index contributed by atoms with van der Waals surface area (Å²) in [6, 6.07) is 46.5. The molecule has 0 unspecified atom stereocenters. The molecule has 6 aromatic rings. The van der Waals surface area contributed by atoms with Gasteiger partial charge >= 0.3 is 0 Å². The maximum atomic E-state index is 13.5. The highest BCUT2D eigenvalue weighted by atomic mass is 16.3. The number of aliphatic hydroxyl groups is 1. The van der Waals surface area contributed by atoms with Crippen molar-refractivity contribution in [2.24, 2.45) is 5.41 Å². The molecule has 0 atom stereocenters. The standard InChI is InChI=1S/C60H54N2O2/c1-60(37-15-16-38-60)59(64)40-51(63)34-31-43-17-5-4-10-22-52(43)47-29-27-44(53-23-11-13-25-55(53)49-32-35-57(61-41-49)45-18-6-2-7-19-45)28-30-48(39-47)54-24-12-14-26-56(54)50-33-36-58(62-42-50)46-20-8-3-9-21-46/h2-9,11-14,17-27,30,32-33,35-36,39-42,64H,10,15-16,28-29,31,34,37-38H2,1H3/b44-27+,47-39+,48-30+,59-40-. The van der Waals surface area contributed by atoms with Gasteiger partial charge in [-0.3, -0.25) is 14.8 Å². The van der Waals surface area contributed by atoms with Gasteiger partial charge in [0.05, 0.1) is 11.4 Å². The third-order valence-corrected chi connectivity index (χ3v) is 13.1. The minimum Gasteiger partial charge on any atom is -0.512 e. The number of aliphatic hydroxyl groups excluding tert-OH is 1. The molecule has 316 valence electrons. The van der Waals surface area contributed by atoms with Crippen LogP contribution in [0.25, 0.3) is 55.9 Å². The minimum atomic E-state index is -0.293. The highest BCUT2D eigenvalue weighted by molar-refractivity contribution is 5.91. The molecule has 1 fully saturated rings. The zero-order chi connectivity index (χ0) is 43.7. The van der Waals surface area contributed by atoms with Crippen LogP contribution in [0.1, 0.15) is 75.8 Å². The lowest BCUT2D eigenvalue weighted by Crippen LogP contribution is -2.15. The summed E-state index contributed by atoms with van der Waals surface area (Å²) < 4.78 is 0. The van der Waals surface area contributed by atoms with Gasteiger partial charge in [0.25, 0.3) is 0 Å². The topological polar surface area (TPSA) is 63.1 Å². The fraction of sp³-hybridized carbons (Fsp3) is 0.183. The molecule has 0 amide bonds. The van der Waals surface area contributed by atoms with Crippen molar-refractivity contribution in [2.75, 3.05) is 0 Å². The van der Waals surface area contributed by atoms with Crippen LogP contribution < -0.4 is 0 Å². The Morgan fingerprint density at radius 1 is 0.625 bits per heavy atom. The fourth-order valence-corrected chi connectivity index (χ4v) is 9.40. The number of ketones is 1. The number of carbonyl (C=O) groups is 1. The van der Waals surface area contributed by atoms with Gasteiger partial charge in [-0.1, -0.05) is 184 Å². The van der Waals surface area contributed by atoms with Crippen molar-refractivity contribution in [3.05, 3.63) is 228 Å².